The molecule has 7 heteroatoms. The van der Waals surface area contributed by atoms with Crippen molar-refractivity contribution in [2.75, 3.05) is 0 Å². The van der Waals surface area contributed by atoms with Crippen LogP contribution < -0.4 is 0 Å². The van der Waals surface area contributed by atoms with Gasteiger partial charge in [0.2, 0.25) is 0 Å². The first kappa shape index (κ1) is 15.3. The van der Waals surface area contributed by atoms with Gasteiger partial charge in [0.1, 0.15) is 0 Å². The molecule has 2 radical (unpaired) electrons. The molecule has 3 rings (SSSR count). The third-order valence-electron chi connectivity index (χ3n) is 2.41. The van der Waals surface area contributed by atoms with Gasteiger partial charge in [-0.15, -0.1) is 0 Å². The average Bonchev–Trinajstić information content (AvgIpc) is 2.79. The number of fused-ring (bicyclic) bond motifs is 3. The summed E-state index contributed by atoms with van der Waals surface area (Å²) in [5.74, 6) is 0. The van der Waals surface area contributed by atoms with E-state index in [1.807, 2.05) is 0 Å². The number of aromatic nitrogens is 1. The molecule has 96 valence electrons. The van der Waals surface area contributed by atoms with E-state index in [4.69, 9.17) is 20.1 Å². The van der Waals surface area contributed by atoms with Crippen LogP contribution in [0.15, 0.2) is 48.5 Å². The minimum absolute atomic E-state index is 0. The zero-order valence-electron chi connectivity index (χ0n) is 10.1. The highest BCUT2D eigenvalue weighted by Crippen LogP contribution is 2.24. The topological polar surface area (TPSA) is 96.7 Å². The lowest BCUT2D eigenvalue weighted by molar-refractivity contribution is 0.447. The fourth-order valence-corrected chi connectivity index (χ4v) is 1.80. The number of nitrogens with one attached hydrogen (secondary N) is 1. The SMILES string of the molecule is O[B]O.O[B]O.c1ccc2c(c1)[nH]c1ccccc12. The summed E-state index contributed by atoms with van der Waals surface area (Å²) in [6, 6.07) is 16.8. The van der Waals surface area contributed by atoms with Crippen LogP contribution in [-0.4, -0.2) is 40.5 Å². The lowest BCUT2D eigenvalue weighted by Gasteiger charge is -1.87. The van der Waals surface area contributed by atoms with Crippen molar-refractivity contribution in [1.29, 1.82) is 0 Å². The maximum atomic E-state index is 7.00. The van der Waals surface area contributed by atoms with Crippen molar-refractivity contribution < 1.29 is 20.1 Å². The van der Waals surface area contributed by atoms with Crippen LogP contribution in [0, 0.1) is 0 Å². The zero-order chi connectivity index (χ0) is 14.1. The quantitative estimate of drug-likeness (QED) is 0.375. The van der Waals surface area contributed by atoms with Crippen LogP contribution in [0.5, 0.6) is 0 Å². The Morgan fingerprint density at radius 3 is 1.32 bits per heavy atom. The van der Waals surface area contributed by atoms with Crippen molar-refractivity contribution in [3.8, 4) is 0 Å². The van der Waals surface area contributed by atoms with Gasteiger partial charge in [-0.25, -0.2) is 0 Å². The smallest absolute Gasteiger partial charge is 0.429 e. The van der Waals surface area contributed by atoms with E-state index in [9.17, 15) is 0 Å². The Balaban J connectivity index is 0.000000261. The molecule has 0 atom stereocenters. The number of hydrogen-bond acceptors (Lipinski definition) is 4. The molecule has 5 N–H and O–H groups in total. The van der Waals surface area contributed by atoms with E-state index in [0.29, 0.717) is 0 Å². The predicted octanol–water partition coefficient (Wildman–Crippen LogP) is 0.331. The van der Waals surface area contributed by atoms with Crippen molar-refractivity contribution in [2.24, 2.45) is 0 Å². The molecule has 0 aliphatic carbocycles. The van der Waals surface area contributed by atoms with Crippen LogP contribution in [0.2, 0.25) is 0 Å². The van der Waals surface area contributed by atoms with E-state index in [1.165, 1.54) is 21.8 Å². The first-order valence-electron chi connectivity index (χ1n) is 5.44. The molecule has 2 aromatic carbocycles. The van der Waals surface area contributed by atoms with E-state index >= 15 is 0 Å². The summed E-state index contributed by atoms with van der Waals surface area (Å²) in [5.41, 5.74) is 2.42. The van der Waals surface area contributed by atoms with Gasteiger partial charge in [0.05, 0.1) is 0 Å². The number of benzene rings is 2. The molecule has 1 aromatic heterocycles. The summed E-state index contributed by atoms with van der Waals surface area (Å²) in [5, 5.41) is 30.6. The molecule has 3 aromatic rings. The summed E-state index contributed by atoms with van der Waals surface area (Å²) >= 11 is 0. The molecule has 0 saturated heterocycles. The molecule has 1 heterocycles. The number of H-pyrrole nitrogens is 1. The molecule has 0 amide bonds. The summed E-state index contributed by atoms with van der Waals surface area (Å²) < 4.78 is 0. The van der Waals surface area contributed by atoms with Gasteiger partial charge in [-0.3, -0.25) is 0 Å². The van der Waals surface area contributed by atoms with Crippen LogP contribution in [-0.2, 0) is 0 Å². The Morgan fingerprint density at radius 2 is 0.947 bits per heavy atom. The average molecular weight is 257 g/mol. The van der Waals surface area contributed by atoms with E-state index in [1.54, 1.807) is 0 Å². The van der Waals surface area contributed by atoms with E-state index in [2.05, 4.69) is 53.5 Å². The second-order valence-corrected chi connectivity index (χ2v) is 3.45. The largest absolute Gasteiger partial charge is 0.482 e. The van der Waals surface area contributed by atoms with Gasteiger partial charge < -0.3 is 25.1 Å². The molecule has 0 bridgehead atoms. The van der Waals surface area contributed by atoms with Gasteiger partial charge in [-0.1, -0.05) is 36.4 Å². The van der Waals surface area contributed by atoms with Crippen molar-refractivity contribution in [1.82, 2.24) is 4.98 Å². The first-order valence-corrected chi connectivity index (χ1v) is 5.44. The number of aromatic amines is 1. The highest BCUT2D eigenvalue weighted by molar-refractivity contribution is 6.13. The molecule has 0 spiro atoms. The molecule has 19 heavy (non-hydrogen) atoms. The molecular formula is C12H13B2NO4. The Morgan fingerprint density at radius 1 is 0.632 bits per heavy atom. The van der Waals surface area contributed by atoms with Crippen molar-refractivity contribution in [3.63, 3.8) is 0 Å². The Labute approximate surface area is 111 Å². The van der Waals surface area contributed by atoms with Gasteiger partial charge in [0, 0.05) is 21.8 Å². The van der Waals surface area contributed by atoms with Crippen molar-refractivity contribution in [3.05, 3.63) is 48.5 Å². The summed E-state index contributed by atoms with van der Waals surface area (Å²) in [6.45, 7) is 0. The highest BCUT2D eigenvalue weighted by Gasteiger charge is 2.00. The Hall–Kier alpha value is -1.79. The first-order chi connectivity index (χ1) is 9.28. The summed E-state index contributed by atoms with van der Waals surface area (Å²) in [6.07, 6.45) is 0. The molecule has 5 nitrogen and oxygen atoms in total. The van der Waals surface area contributed by atoms with Gasteiger partial charge in [0.15, 0.2) is 0 Å². The molecule has 0 aliphatic rings. The van der Waals surface area contributed by atoms with Gasteiger partial charge >= 0.3 is 15.4 Å². The molecule has 0 aliphatic heterocycles. The normalized spacial score (nSPS) is 9.05. The highest BCUT2D eigenvalue weighted by atomic mass is 16.4. The monoisotopic (exact) mass is 257 g/mol. The predicted molar refractivity (Wildman–Crippen MR) is 76.2 cm³/mol. The van der Waals surface area contributed by atoms with Gasteiger partial charge in [0.25, 0.3) is 0 Å². The van der Waals surface area contributed by atoms with Gasteiger partial charge in [-0.2, -0.15) is 0 Å². The van der Waals surface area contributed by atoms with E-state index < -0.39 is 0 Å². The van der Waals surface area contributed by atoms with E-state index in [0.717, 1.165) is 0 Å². The van der Waals surface area contributed by atoms with Crippen molar-refractivity contribution in [2.45, 2.75) is 0 Å². The second-order valence-electron chi connectivity index (χ2n) is 3.45. The molecular weight excluding hydrogens is 244 g/mol. The lowest BCUT2D eigenvalue weighted by Crippen LogP contribution is -1.75. The Bertz CT molecular complexity index is 562. The number of para-hydroxylation sites is 2. The maximum absolute atomic E-state index is 7.00. The van der Waals surface area contributed by atoms with Crippen LogP contribution in [0.4, 0.5) is 0 Å². The number of hydrogen-bond donors (Lipinski definition) is 5. The molecule has 0 fully saturated rings. The maximum Gasteiger partial charge on any atom is 0.482 e. The number of rotatable bonds is 0. The standard InChI is InChI=1S/C12H9N.2BH2O2/c1-3-7-11-9(5-1)10-6-2-4-8-12(10)13-11;2*2-1-3/h1-8,13H;2*2-3H. The zero-order valence-corrected chi connectivity index (χ0v) is 10.1. The second kappa shape index (κ2) is 8.34. The molecule has 0 saturated carbocycles. The minimum atomic E-state index is 0. The van der Waals surface area contributed by atoms with Gasteiger partial charge in [-0.05, 0) is 12.1 Å². The van der Waals surface area contributed by atoms with Crippen LogP contribution >= 0.6 is 0 Å². The third-order valence-corrected chi connectivity index (χ3v) is 2.41. The van der Waals surface area contributed by atoms with Crippen LogP contribution in [0.25, 0.3) is 21.8 Å². The summed E-state index contributed by atoms with van der Waals surface area (Å²) in [4.78, 5) is 3.38. The minimum Gasteiger partial charge on any atom is -0.429 e. The Kier molecular flexibility index (Phi) is 6.70. The summed E-state index contributed by atoms with van der Waals surface area (Å²) in [7, 11) is 0. The van der Waals surface area contributed by atoms with Crippen LogP contribution in [0.1, 0.15) is 0 Å². The lowest BCUT2D eigenvalue weighted by atomic mass is 10.2. The fourth-order valence-electron chi connectivity index (χ4n) is 1.80. The third kappa shape index (κ3) is 4.11. The van der Waals surface area contributed by atoms with E-state index in [-0.39, 0.29) is 15.4 Å². The van der Waals surface area contributed by atoms with Crippen LogP contribution in [0.3, 0.4) is 0 Å². The molecule has 0 unspecified atom stereocenters. The fraction of sp³-hybridized carbons (Fsp3) is 0. The van der Waals surface area contributed by atoms with Crippen molar-refractivity contribution >= 4 is 37.2 Å².